The zero-order valence-electron chi connectivity index (χ0n) is 9.53. The van der Waals surface area contributed by atoms with Crippen LogP contribution in [0.25, 0.3) is 0 Å². The molecule has 0 radical (unpaired) electrons. The Kier molecular flexibility index (Phi) is 5.03. The Morgan fingerprint density at radius 3 is 2.94 bits per heavy atom. The van der Waals surface area contributed by atoms with E-state index in [1.54, 1.807) is 0 Å². The molecule has 1 N–H and O–H groups in total. The number of hydrogen-bond donors (Lipinski definition) is 1. The quantitative estimate of drug-likeness (QED) is 0.868. The molecule has 1 aliphatic rings. The minimum Gasteiger partial charge on any atom is -0.388 e. The molecule has 0 aromatic heterocycles. The number of benzene rings is 1. The first-order valence-corrected chi connectivity index (χ1v) is 7.50. The molecule has 0 spiro atoms. The summed E-state index contributed by atoms with van der Waals surface area (Å²) in [5.74, 6) is 0. The zero-order valence-corrected chi connectivity index (χ0v) is 12.7. The highest BCUT2D eigenvalue weighted by molar-refractivity contribution is 9.11. The molecule has 0 saturated carbocycles. The lowest BCUT2D eigenvalue weighted by atomic mass is 10.0. The molecule has 1 aromatic rings. The molecule has 1 saturated heterocycles. The Hall–Kier alpha value is 0.1000. The van der Waals surface area contributed by atoms with Crippen LogP contribution in [0.15, 0.2) is 27.1 Å². The molecule has 94 valence electrons. The maximum atomic E-state index is 10.2. The van der Waals surface area contributed by atoms with Crippen LogP contribution in [0.2, 0.25) is 0 Å². The fourth-order valence-electron chi connectivity index (χ4n) is 2.14. The van der Waals surface area contributed by atoms with Gasteiger partial charge in [0.15, 0.2) is 0 Å². The lowest BCUT2D eigenvalue weighted by Crippen LogP contribution is -2.08. The van der Waals surface area contributed by atoms with Crippen LogP contribution in [-0.4, -0.2) is 17.8 Å². The first-order chi connectivity index (χ1) is 8.16. The Bertz CT molecular complexity index is 376. The molecule has 0 aliphatic carbocycles. The summed E-state index contributed by atoms with van der Waals surface area (Å²) >= 11 is 6.90. The number of aliphatic hydroxyl groups excluding tert-OH is 1. The molecule has 17 heavy (non-hydrogen) atoms. The minimum atomic E-state index is -0.425. The normalized spacial score (nSPS) is 21.7. The summed E-state index contributed by atoms with van der Waals surface area (Å²) in [6.07, 6.45) is 3.88. The van der Waals surface area contributed by atoms with Crippen molar-refractivity contribution < 1.29 is 9.84 Å². The molecular weight excluding hydrogens is 348 g/mol. The second-order valence-electron chi connectivity index (χ2n) is 4.39. The molecule has 2 rings (SSSR count). The molecular formula is C13H16Br2O2. The van der Waals surface area contributed by atoms with Crippen molar-refractivity contribution in [3.05, 3.63) is 32.7 Å². The van der Waals surface area contributed by atoms with Crippen LogP contribution in [0.4, 0.5) is 0 Å². The molecule has 2 nitrogen and oxygen atoms in total. The van der Waals surface area contributed by atoms with E-state index in [0.29, 0.717) is 6.10 Å². The van der Waals surface area contributed by atoms with E-state index in [-0.39, 0.29) is 0 Å². The molecule has 4 heteroatoms. The molecule has 1 aromatic carbocycles. The van der Waals surface area contributed by atoms with Crippen molar-refractivity contribution in [3.8, 4) is 0 Å². The third kappa shape index (κ3) is 3.78. The van der Waals surface area contributed by atoms with Gasteiger partial charge in [0.25, 0.3) is 0 Å². The molecule has 1 fully saturated rings. The lowest BCUT2D eigenvalue weighted by molar-refractivity contribution is 0.0810. The number of ether oxygens (including phenoxy) is 1. The van der Waals surface area contributed by atoms with Gasteiger partial charge in [0.1, 0.15) is 0 Å². The predicted molar refractivity (Wildman–Crippen MR) is 75.0 cm³/mol. The van der Waals surface area contributed by atoms with Gasteiger partial charge >= 0.3 is 0 Å². The standard InChI is InChI=1S/C13H16Br2O2/c14-9-3-5-12(15)11(8-9)13(16)6-4-10-2-1-7-17-10/h3,5,8,10,13,16H,1-2,4,6-7H2. The smallest absolute Gasteiger partial charge is 0.0802 e. The highest BCUT2D eigenvalue weighted by Crippen LogP contribution is 2.30. The van der Waals surface area contributed by atoms with E-state index < -0.39 is 6.10 Å². The van der Waals surface area contributed by atoms with Crippen LogP contribution >= 0.6 is 31.9 Å². The van der Waals surface area contributed by atoms with Gasteiger partial charge in [-0.2, -0.15) is 0 Å². The lowest BCUT2D eigenvalue weighted by Gasteiger charge is -2.15. The largest absolute Gasteiger partial charge is 0.388 e. The number of rotatable bonds is 4. The summed E-state index contributed by atoms with van der Waals surface area (Å²) in [5.41, 5.74) is 0.942. The Morgan fingerprint density at radius 2 is 2.24 bits per heavy atom. The van der Waals surface area contributed by atoms with Gasteiger partial charge in [0.05, 0.1) is 12.2 Å². The first kappa shape index (κ1) is 13.5. The molecule has 1 heterocycles. The summed E-state index contributed by atoms with van der Waals surface area (Å²) in [6, 6.07) is 5.87. The molecule has 0 amide bonds. The van der Waals surface area contributed by atoms with E-state index >= 15 is 0 Å². The van der Waals surface area contributed by atoms with Crippen LogP contribution in [0.1, 0.15) is 37.4 Å². The van der Waals surface area contributed by atoms with Crippen molar-refractivity contribution in [2.75, 3.05) is 6.61 Å². The SMILES string of the molecule is OC(CCC1CCCO1)c1cc(Br)ccc1Br. The van der Waals surface area contributed by atoms with E-state index in [0.717, 1.165) is 46.8 Å². The van der Waals surface area contributed by atoms with Crippen molar-refractivity contribution >= 4 is 31.9 Å². The van der Waals surface area contributed by atoms with Gasteiger partial charge in [-0.3, -0.25) is 0 Å². The number of hydrogen-bond acceptors (Lipinski definition) is 2. The highest BCUT2D eigenvalue weighted by Gasteiger charge is 2.18. The second-order valence-corrected chi connectivity index (χ2v) is 6.16. The van der Waals surface area contributed by atoms with E-state index in [1.165, 1.54) is 0 Å². The summed E-state index contributed by atoms with van der Waals surface area (Å²) < 4.78 is 7.51. The Balaban J connectivity index is 1.93. The van der Waals surface area contributed by atoms with Crippen LogP contribution in [0.3, 0.4) is 0 Å². The molecule has 0 bridgehead atoms. The first-order valence-electron chi connectivity index (χ1n) is 5.91. The van der Waals surface area contributed by atoms with Crippen LogP contribution in [-0.2, 0) is 4.74 Å². The fourth-order valence-corrected chi connectivity index (χ4v) is 3.03. The van der Waals surface area contributed by atoms with Gasteiger partial charge < -0.3 is 9.84 Å². The third-order valence-electron chi connectivity index (χ3n) is 3.10. The third-order valence-corrected chi connectivity index (χ3v) is 4.32. The van der Waals surface area contributed by atoms with E-state index in [4.69, 9.17) is 4.74 Å². The summed E-state index contributed by atoms with van der Waals surface area (Å²) in [7, 11) is 0. The van der Waals surface area contributed by atoms with Crippen molar-refractivity contribution in [3.63, 3.8) is 0 Å². The highest BCUT2D eigenvalue weighted by atomic mass is 79.9. The predicted octanol–water partition coefficient (Wildman–Crippen LogP) is 4.20. The molecule has 1 aliphatic heterocycles. The fraction of sp³-hybridized carbons (Fsp3) is 0.538. The zero-order chi connectivity index (χ0) is 12.3. The number of aliphatic hydroxyl groups is 1. The van der Waals surface area contributed by atoms with Crippen LogP contribution < -0.4 is 0 Å². The maximum Gasteiger partial charge on any atom is 0.0802 e. The van der Waals surface area contributed by atoms with Crippen molar-refractivity contribution in [1.82, 2.24) is 0 Å². The van der Waals surface area contributed by atoms with Gasteiger partial charge in [0.2, 0.25) is 0 Å². The average Bonchev–Trinajstić information content (AvgIpc) is 2.82. The van der Waals surface area contributed by atoms with Gasteiger partial charge in [-0.15, -0.1) is 0 Å². The second kappa shape index (κ2) is 6.32. The molecule has 2 unspecified atom stereocenters. The van der Waals surface area contributed by atoms with Crippen molar-refractivity contribution in [2.24, 2.45) is 0 Å². The monoisotopic (exact) mass is 362 g/mol. The van der Waals surface area contributed by atoms with Gasteiger partial charge in [-0.25, -0.2) is 0 Å². The van der Waals surface area contributed by atoms with Gasteiger partial charge in [-0.1, -0.05) is 31.9 Å². The van der Waals surface area contributed by atoms with Crippen LogP contribution in [0.5, 0.6) is 0 Å². The van der Waals surface area contributed by atoms with Gasteiger partial charge in [0, 0.05) is 15.6 Å². The number of halogens is 2. The maximum absolute atomic E-state index is 10.2. The van der Waals surface area contributed by atoms with E-state index in [2.05, 4.69) is 31.9 Å². The van der Waals surface area contributed by atoms with E-state index in [1.807, 2.05) is 18.2 Å². The topological polar surface area (TPSA) is 29.5 Å². The van der Waals surface area contributed by atoms with Crippen LogP contribution in [0, 0.1) is 0 Å². The Morgan fingerprint density at radius 1 is 1.41 bits per heavy atom. The molecule has 2 atom stereocenters. The summed E-state index contributed by atoms with van der Waals surface area (Å²) in [5, 5.41) is 10.2. The van der Waals surface area contributed by atoms with Gasteiger partial charge in [-0.05, 0) is 49.4 Å². The van der Waals surface area contributed by atoms with Crippen molar-refractivity contribution in [2.45, 2.75) is 37.9 Å². The summed E-state index contributed by atoms with van der Waals surface area (Å²) in [6.45, 7) is 0.876. The minimum absolute atomic E-state index is 0.343. The average molecular weight is 364 g/mol. The van der Waals surface area contributed by atoms with E-state index in [9.17, 15) is 5.11 Å². The summed E-state index contributed by atoms with van der Waals surface area (Å²) in [4.78, 5) is 0. The van der Waals surface area contributed by atoms with Crippen molar-refractivity contribution in [1.29, 1.82) is 0 Å². The Labute approximate surface area is 119 Å².